The molecule has 3 N–H and O–H groups in total. The molecule has 1 atom stereocenters. The van der Waals surface area contributed by atoms with Gasteiger partial charge in [0.15, 0.2) is 0 Å². The average Bonchev–Trinajstić information content (AvgIpc) is 2.74. The smallest absolute Gasteiger partial charge is 0.493 e. The van der Waals surface area contributed by atoms with Gasteiger partial charge in [-0.05, 0) is 24.3 Å². The van der Waals surface area contributed by atoms with Crippen LogP contribution in [0.1, 0.15) is 16.9 Å². The first-order valence-electron chi connectivity index (χ1n) is 8.82. The number of benzene rings is 1. The van der Waals surface area contributed by atoms with Crippen LogP contribution in [0, 0.1) is 5.82 Å². The third-order valence-corrected chi connectivity index (χ3v) is 3.72. The molecular formula is C18H20BFN4O6. The number of rotatable bonds is 10. The standard InChI is InChI=1S/C18H20BFN4O6/c1-29-11-15(23-17(25)14-10-21-7-8-22-14)18(26)24-16(19(27)28)6-9-30-13-4-2-12(20)3-5-13/h2-5,7-8,10,15,27-28H,6,9,11H2,1H3,(H,23,25)/b24-16+. The van der Waals surface area contributed by atoms with Crippen molar-refractivity contribution in [2.45, 2.75) is 12.5 Å². The van der Waals surface area contributed by atoms with Gasteiger partial charge in [-0.1, -0.05) is 0 Å². The molecule has 0 aliphatic rings. The number of aromatic nitrogens is 2. The highest BCUT2D eigenvalue weighted by atomic mass is 19.1. The molecule has 12 heteroatoms. The van der Waals surface area contributed by atoms with Gasteiger partial charge in [-0.3, -0.25) is 14.6 Å². The molecule has 0 aliphatic carbocycles. The number of aliphatic imine (C=N–C) groups is 1. The fraction of sp³-hybridized carbons (Fsp3) is 0.278. The van der Waals surface area contributed by atoms with Crippen molar-refractivity contribution in [1.29, 1.82) is 0 Å². The Hall–Kier alpha value is -3.22. The number of methoxy groups -OCH3 is 1. The van der Waals surface area contributed by atoms with Crippen LogP contribution in [-0.2, 0) is 9.53 Å². The number of ether oxygens (including phenoxy) is 2. The van der Waals surface area contributed by atoms with Gasteiger partial charge in [0.05, 0.1) is 25.0 Å². The Labute approximate surface area is 171 Å². The van der Waals surface area contributed by atoms with Gasteiger partial charge in [-0.25, -0.2) is 14.4 Å². The molecule has 0 aliphatic heterocycles. The van der Waals surface area contributed by atoms with Crippen molar-refractivity contribution in [3.63, 3.8) is 0 Å². The van der Waals surface area contributed by atoms with Crippen molar-refractivity contribution in [2.24, 2.45) is 4.99 Å². The molecule has 1 aromatic carbocycles. The lowest BCUT2D eigenvalue weighted by Crippen LogP contribution is -2.44. The minimum atomic E-state index is -2.01. The number of hydrogen-bond donors (Lipinski definition) is 3. The summed E-state index contributed by atoms with van der Waals surface area (Å²) in [7, 11) is -0.679. The number of carbonyl (C=O) groups is 2. The molecule has 0 spiro atoms. The Bertz CT molecular complexity index is 867. The van der Waals surface area contributed by atoms with Crippen molar-refractivity contribution < 1.29 is 33.5 Å². The summed E-state index contributed by atoms with van der Waals surface area (Å²) < 4.78 is 23.2. The summed E-state index contributed by atoms with van der Waals surface area (Å²) in [4.78, 5) is 36.0. The van der Waals surface area contributed by atoms with Crippen LogP contribution in [0.2, 0.25) is 0 Å². The maximum Gasteiger partial charge on any atom is 0.503 e. The molecule has 30 heavy (non-hydrogen) atoms. The van der Waals surface area contributed by atoms with Crippen LogP contribution in [0.4, 0.5) is 4.39 Å². The second-order valence-electron chi connectivity index (χ2n) is 5.94. The van der Waals surface area contributed by atoms with Crippen LogP contribution in [0.3, 0.4) is 0 Å². The lowest BCUT2D eigenvalue weighted by Gasteiger charge is -2.15. The molecule has 2 aromatic rings. The summed E-state index contributed by atoms with van der Waals surface area (Å²) in [6.45, 7) is -0.245. The van der Waals surface area contributed by atoms with E-state index in [4.69, 9.17) is 9.47 Å². The first-order valence-corrected chi connectivity index (χ1v) is 8.82. The van der Waals surface area contributed by atoms with Gasteiger partial charge in [0.25, 0.3) is 11.8 Å². The summed E-state index contributed by atoms with van der Waals surface area (Å²) in [5.74, 6) is -1.57. The Morgan fingerprint density at radius 3 is 2.60 bits per heavy atom. The van der Waals surface area contributed by atoms with E-state index in [0.717, 1.165) is 0 Å². The zero-order valence-corrected chi connectivity index (χ0v) is 16.1. The van der Waals surface area contributed by atoms with Crippen molar-refractivity contribution in [1.82, 2.24) is 15.3 Å². The number of carbonyl (C=O) groups excluding carboxylic acids is 2. The van der Waals surface area contributed by atoms with E-state index in [0.29, 0.717) is 5.75 Å². The molecule has 1 aromatic heterocycles. The van der Waals surface area contributed by atoms with Gasteiger partial charge in [0.1, 0.15) is 23.3 Å². The van der Waals surface area contributed by atoms with Crippen molar-refractivity contribution >= 4 is 24.5 Å². The summed E-state index contributed by atoms with van der Waals surface area (Å²) >= 11 is 0. The normalized spacial score (nSPS) is 12.2. The Morgan fingerprint density at radius 1 is 1.27 bits per heavy atom. The SMILES string of the molecule is COCC(NC(=O)c1cnccn1)C(=O)/N=C(\CCOc1ccc(F)cc1)B(O)O. The predicted molar refractivity (Wildman–Crippen MR) is 104 cm³/mol. The third kappa shape index (κ3) is 7.31. The number of halogens is 1. The Kier molecular flexibility index (Phi) is 9.00. The first kappa shape index (κ1) is 23.1. The van der Waals surface area contributed by atoms with Gasteiger partial charge >= 0.3 is 7.12 Å². The lowest BCUT2D eigenvalue weighted by molar-refractivity contribution is -0.120. The van der Waals surface area contributed by atoms with Gasteiger partial charge in [0.2, 0.25) is 0 Å². The maximum absolute atomic E-state index is 12.9. The van der Waals surface area contributed by atoms with E-state index in [1.54, 1.807) is 0 Å². The second-order valence-corrected chi connectivity index (χ2v) is 5.94. The molecular weight excluding hydrogens is 398 g/mol. The third-order valence-electron chi connectivity index (χ3n) is 3.72. The molecule has 0 saturated heterocycles. The zero-order valence-electron chi connectivity index (χ0n) is 16.1. The summed E-state index contributed by atoms with van der Waals surface area (Å²) in [6.07, 6.45) is 3.84. The Balaban J connectivity index is 2.02. The van der Waals surface area contributed by atoms with Crippen LogP contribution in [0.5, 0.6) is 5.75 Å². The maximum atomic E-state index is 12.9. The molecule has 0 saturated carbocycles. The van der Waals surface area contributed by atoms with E-state index in [9.17, 15) is 24.0 Å². The predicted octanol–water partition coefficient (Wildman–Crippen LogP) is -0.191. The summed E-state index contributed by atoms with van der Waals surface area (Å²) in [5.41, 5.74) is -0.275. The number of nitrogens with one attached hydrogen (secondary N) is 1. The number of amides is 2. The summed E-state index contributed by atoms with van der Waals surface area (Å²) in [5, 5.41) is 21.4. The Morgan fingerprint density at radius 2 is 2.00 bits per heavy atom. The monoisotopic (exact) mass is 418 g/mol. The van der Waals surface area contributed by atoms with Crippen LogP contribution in [-0.4, -0.2) is 70.9 Å². The molecule has 2 rings (SSSR count). The van der Waals surface area contributed by atoms with Crippen LogP contribution >= 0.6 is 0 Å². The van der Waals surface area contributed by atoms with Crippen LogP contribution in [0.15, 0.2) is 47.8 Å². The molecule has 1 unspecified atom stereocenters. The second kappa shape index (κ2) is 11.7. The van der Waals surface area contributed by atoms with E-state index in [1.165, 1.54) is 50.0 Å². The molecule has 0 bridgehead atoms. The first-order chi connectivity index (χ1) is 14.4. The number of nitrogens with zero attached hydrogens (tertiary/aromatic N) is 3. The van der Waals surface area contributed by atoms with Crippen LogP contribution < -0.4 is 10.1 Å². The van der Waals surface area contributed by atoms with Gasteiger partial charge in [0, 0.05) is 25.9 Å². The van der Waals surface area contributed by atoms with E-state index in [2.05, 4.69) is 20.3 Å². The van der Waals surface area contributed by atoms with E-state index in [1.807, 2.05) is 0 Å². The van der Waals surface area contributed by atoms with E-state index >= 15 is 0 Å². The van der Waals surface area contributed by atoms with Crippen molar-refractivity contribution in [3.8, 4) is 5.75 Å². The van der Waals surface area contributed by atoms with Crippen molar-refractivity contribution in [3.05, 3.63) is 54.4 Å². The topological polar surface area (TPSA) is 143 Å². The fourth-order valence-electron chi connectivity index (χ4n) is 2.26. The molecule has 1 heterocycles. The molecule has 158 valence electrons. The highest BCUT2D eigenvalue weighted by Crippen LogP contribution is 2.11. The van der Waals surface area contributed by atoms with E-state index < -0.39 is 30.8 Å². The average molecular weight is 418 g/mol. The van der Waals surface area contributed by atoms with E-state index in [-0.39, 0.29) is 30.9 Å². The minimum Gasteiger partial charge on any atom is -0.493 e. The molecule has 10 nitrogen and oxygen atoms in total. The van der Waals surface area contributed by atoms with Gasteiger partial charge in [-0.15, -0.1) is 0 Å². The quantitative estimate of drug-likeness (QED) is 0.356. The fourth-order valence-corrected chi connectivity index (χ4v) is 2.26. The largest absolute Gasteiger partial charge is 0.503 e. The molecule has 2 amide bonds. The van der Waals surface area contributed by atoms with Gasteiger partial charge in [-0.2, -0.15) is 0 Å². The highest BCUT2D eigenvalue weighted by molar-refractivity contribution is 6.80. The van der Waals surface area contributed by atoms with Gasteiger partial charge < -0.3 is 24.8 Å². The molecule has 0 radical (unpaired) electrons. The molecule has 0 fully saturated rings. The van der Waals surface area contributed by atoms with Crippen LogP contribution in [0.25, 0.3) is 0 Å². The zero-order chi connectivity index (χ0) is 21.9. The van der Waals surface area contributed by atoms with Crippen molar-refractivity contribution in [2.75, 3.05) is 20.3 Å². The number of hydrogen-bond acceptors (Lipinski definition) is 8. The lowest BCUT2D eigenvalue weighted by atomic mass is 9.81. The summed E-state index contributed by atoms with van der Waals surface area (Å²) in [6, 6.07) is 4.05. The highest BCUT2D eigenvalue weighted by Gasteiger charge is 2.25. The minimum absolute atomic E-state index is 0.00880.